The molecule has 94 valence electrons. The third-order valence-corrected chi connectivity index (χ3v) is 3.84. The van der Waals surface area contributed by atoms with Crippen LogP contribution in [0.1, 0.15) is 22.1 Å². The molecule has 2 N–H and O–H groups in total. The van der Waals surface area contributed by atoms with Crippen molar-refractivity contribution in [2.75, 3.05) is 6.54 Å². The Labute approximate surface area is 112 Å². The minimum atomic E-state index is 0.201. The molecule has 1 unspecified atom stereocenters. The molecule has 0 aliphatic heterocycles. The van der Waals surface area contributed by atoms with E-state index in [1.165, 1.54) is 11.1 Å². The molecule has 1 aromatic heterocycles. The predicted octanol–water partition coefficient (Wildman–Crippen LogP) is 2.89. The van der Waals surface area contributed by atoms with Crippen LogP contribution in [0.2, 0.25) is 0 Å². The highest BCUT2D eigenvalue weighted by Gasteiger charge is 2.12. The average Bonchev–Trinajstić information content (AvgIpc) is 2.37. The molecule has 18 heavy (non-hydrogen) atoms. The van der Waals surface area contributed by atoms with Gasteiger partial charge >= 0.3 is 0 Å². The molecule has 1 aromatic carbocycles. The van der Waals surface area contributed by atoms with E-state index in [9.17, 15) is 0 Å². The van der Waals surface area contributed by atoms with Crippen LogP contribution in [0.5, 0.6) is 0 Å². The van der Waals surface area contributed by atoms with Crippen LogP contribution in [0, 0.1) is 13.8 Å². The van der Waals surface area contributed by atoms with Crippen molar-refractivity contribution in [2.24, 2.45) is 5.73 Å². The Kier molecular flexibility index (Phi) is 4.33. The third-order valence-electron chi connectivity index (χ3n) is 2.68. The Morgan fingerprint density at radius 2 is 1.89 bits per heavy atom. The van der Waals surface area contributed by atoms with E-state index in [4.69, 9.17) is 5.73 Å². The molecule has 0 radical (unpaired) electrons. The molecule has 0 bridgehead atoms. The maximum absolute atomic E-state index is 5.85. The number of hydrogen-bond acceptors (Lipinski definition) is 4. The highest BCUT2D eigenvalue weighted by Crippen LogP contribution is 2.32. The van der Waals surface area contributed by atoms with E-state index < -0.39 is 0 Å². The van der Waals surface area contributed by atoms with Crippen molar-refractivity contribution in [3.05, 3.63) is 53.3 Å². The first kappa shape index (κ1) is 13.1. The van der Waals surface area contributed by atoms with Crippen LogP contribution in [0.3, 0.4) is 0 Å². The first-order chi connectivity index (χ1) is 8.69. The number of rotatable bonds is 4. The minimum Gasteiger partial charge on any atom is -0.329 e. The zero-order valence-corrected chi connectivity index (χ0v) is 11.4. The molecule has 2 rings (SSSR count). The molecular formula is C14H17N3S. The highest BCUT2D eigenvalue weighted by atomic mass is 32.2. The Hall–Kier alpha value is -1.39. The molecule has 0 spiro atoms. The normalized spacial score (nSPS) is 12.4. The van der Waals surface area contributed by atoms with Crippen molar-refractivity contribution < 1.29 is 0 Å². The van der Waals surface area contributed by atoms with E-state index in [0.29, 0.717) is 6.54 Å². The molecule has 0 saturated carbocycles. The smallest absolute Gasteiger partial charge is 0.188 e. The summed E-state index contributed by atoms with van der Waals surface area (Å²) in [6.45, 7) is 4.62. The van der Waals surface area contributed by atoms with Gasteiger partial charge in [0.1, 0.15) is 0 Å². The summed E-state index contributed by atoms with van der Waals surface area (Å²) in [5.74, 6) is 0. The zero-order valence-electron chi connectivity index (χ0n) is 10.6. The average molecular weight is 259 g/mol. The highest BCUT2D eigenvalue weighted by molar-refractivity contribution is 7.99. The first-order valence-corrected chi connectivity index (χ1v) is 6.80. The number of hydrogen-bond donors (Lipinski definition) is 1. The lowest BCUT2D eigenvalue weighted by Crippen LogP contribution is -2.10. The number of nitrogens with zero attached hydrogens (tertiary/aromatic N) is 2. The molecule has 1 heterocycles. The van der Waals surface area contributed by atoms with Gasteiger partial charge in [-0.2, -0.15) is 0 Å². The van der Waals surface area contributed by atoms with E-state index in [0.717, 1.165) is 10.9 Å². The lowest BCUT2D eigenvalue weighted by atomic mass is 10.1. The number of benzene rings is 1. The second kappa shape index (κ2) is 5.98. The summed E-state index contributed by atoms with van der Waals surface area (Å²) in [7, 11) is 0. The zero-order chi connectivity index (χ0) is 13.0. The first-order valence-electron chi connectivity index (χ1n) is 5.92. The van der Waals surface area contributed by atoms with Crippen LogP contribution in [0.4, 0.5) is 0 Å². The van der Waals surface area contributed by atoms with Gasteiger partial charge in [-0.15, -0.1) is 0 Å². The summed E-state index contributed by atoms with van der Waals surface area (Å²) < 4.78 is 0. The van der Waals surface area contributed by atoms with E-state index in [1.54, 1.807) is 18.0 Å². The fraction of sp³-hybridized carbons (Fsp3) is 0.286. The molecule has 0 aliphatic carbocycles. The SMILES string of the molecule is Cc1ccc(C(CN)Sc2nccc(C)n2)cc1. The lowest BCUT2D eigenvalue weighted by Gasteiger charge is -2.14. The van der Waals surface area contributed by atoms with Crippen molar-refractivity contribution in [3.63, 3.8) is 0 Å². The van der Waals surface area contributed by atoms with Gasteiger partial charge in [-0.1, -0.05) is 41.6 Å². The third kappa shape index (κ3) is 3.31. The molecule has 3 nitrogen and oxygen atoms in total. The van der Waals surface area contributed by atoms with Gasteiger partial charge in [-0.05, 0) is 25.5 Å². The maximum Gasteiger partial charge on any atom is 0.188 e. The molecule has 1 atom stereocenters. The van der Waals surface area contributed by atoms with Crippen LogP contribution >= 0.6 is 11.8 Å². The predicted molar refractivity (Wildman–Crippen MR) is 75.6 cm³/mol. The summed E-state index contributed by atoms with van der Waals surface area (Å²) in [4.78, 5) is 8.67. The van der Waals surface area contributed by atoms with Gasteiger partial charge in [-0.3, -0.25) is 0 Å². The summed E-state index contributed by atoms with van der Waals surface area (Å²) in [5.41, 5.74) is 9.31. The second-order valence-electron chi connectivity index (χ2n) is 4.23. The maximum atomic E-state index is 5.85. The van der Waals surface area contributed by atoms with Gasteiger partial charge in [0.25, 0.3) is 0 Å². The quantitative estimate of drug-likeness (QED) is 0.677. The number of aryl methyl sites for hydroxylation is 2. The standard InChI is InChI=1S/C14H17N3S/c1-10-3-5-12(6-4-10)13(9-15)18-14-16-8-7-11(2)17-14/h3-8,13H,9,15H2,1-2H3. The Morgan fingerprint density at radius 1 is 1.17 bits per heavy atom. The molecule has 2 aromatic rings. The molecule has 0 saturated heterocycles. The summed E-state index contributed by atoms with van der Waals surface area (Å²) in [5, 5.41) is 0.985. The molecule has 0 amide bonds. The number of nitrogens with two attached hydrogens (primary N) is 1. The van der Waals surface area contributed by atoms with Crippen LogP contribution in [0.15, 0.2) is 41.7 Å². The van der Waals surface area contributed by atoms with Crippen molar-refractivity contribution in [2.45, 2.75) is 24.3 Å². The fourth-order valence-corrected chi connectivity index (χ4v) is 2.61. The molecule has 4 heteroatoms. The largest absolute Gasteiger partial charge is 0.329 e. The number of aromatic nitrogens is 2. The summed E-state index contributed by atoms with van der Waals surface area (Å²) >= 11 is 1.61. The van der Waals surface area contributed by atoms with Gasteiger partial charge in [0.2, 0.25) is 0 Å². The van der Waals surface area contributed by atoms with E-state index >= 15 is 0 Å². The molecule has 0 aliphatic rings. The Balaban J connectivity index is 2.17. The van der Waals surface area contributed by atoms with E-state index in [1.807, 2.05) is 13.0 Å². The van der Waals surface area contributed by atoms with Crippen LogP contribution in [-0.2, 0) is 0 Å². The lowest BCUT2D eigenvalue weighted by molar-refractivity contribution is 0.895. The van der Waals surface area contributed by atoms with Gasteiger partial charge in [0.15, 0.2) is 5.16 Å². The van der Waals surface area contributed by atoms with Gasteiger partial charge in [0.05, 0.1) is 0 Å². The summed E-state index contributed by atoms with van der Waals surface area (Å²) in [6, 6.07) is 10.4. The van der Waals surface area contributed by atoms with Gasteiger partial charge in [-0.25, -0.2) is 9.97 Å². The molecule has 0 fully saturated rings. The van der Waals surface area contributed by atoms with Crippen molar-refractivity contribution in [1.29, 1.82) is 0 Å². The molecular weight excluding hydrogens is 242 g/mol. The number of thioether (sulfide) groups is 1. The van der Waals surface area contributed by atoms with Gasteiger partial charge in [0, 0.05) is 23.7 Å². The van der Waals surface area contributed by atoms with Crippen LogP contribution in [0.25, 0.3) is 0 Å². The summed E-state index contributed by atoms with van der Waals surface area (Å²) in [6.07, 6.45) is 1.79. The second-order valence-corrected chi connectivity index (χ2v) is 5.40. The van der Waals surface area contributed by atoms with Crippen molar-refractivity contribution in [3.8, 4) is 0 Å². The van der Waals surface area contributed by atoms with Crippen LogP contribution in [-0.4, -0.2) is 16.5 Å². The van der Waals surface area contributed by atoms with Crippen molar-refractivity contribution in [1.82, 2.24) is 9.97 Å². The Morgan fingerprint density at radius 3 is 2.50 bits per heavy atom. The Bertz CT molecular complexity index is 511. The topological polar surface area (TPSA) is 51.8 Å². The van der Waals surface area contributed by atoms with E-state index in [-0.39, 0.29) is 5.25 Å². The minimum absolute atomic E-state index is 0.201. The van der Waals surface area contributed by atoms with Crippen LogP contribution < -0.4 is 5.73 Å². The van der Waals surface area contributed by atoms with E-state index in [2.05, 4.69) is 41.2 Å². The fourth-order valence-electron chi connectivity index (χ4n) is 1.64. The van der Waals surface area contributed by atoms with Gasteiger partial charge < -0.3 is 5.73 Å². The monoisotopic (exact) mass is 259 g/mol. The van der Waals surface area contributed by atoms with Crippen molar-refractivity contribution >= 4 is 11.8 Å².